The minimum atomic E-state index is -1.58. The van der Waals surface area contributed by atoms with E-state index in [1.54, 1.807) is 0 Å². The van der Waals surface area contributed by atoms with E-state index in [1.165, 1.54) is 12.5 Å². The molecule has 0 radical (unpaired) electrons. The Hall–Kier alpha value is -4.54. The fourth-order valence-corrected chi connectivity index (χ4v) is 3.03. The number of nitrogens with one attached hydrogen (secondary N) is 4. The van der Waals surface area contributed by atoms with Crippen molar-refractivity contribution in [2.45, 2.75) is 62.7 Å². The van der Waals surface area contributed by atoms with Crippen LogP contribution in [0.4, 0.5) is 0 Å². The molecular weight excluding hydrogens is 494 g/mol. The first-order valence-corrected chi connectivity index (χ1v) is 11.0. The summed E-state index contributed by atoms with van der Waals surface area (Å²) in [4.78, 5) is 89.8. The fourth-order valence-electron chi connectivity index (χ4n) is 3.03. The van der Waals surface area contributed by atoms with E-state index in [2.05, 4.69) is 25.9 Å². The van der Waals surface area contributed by atoms with Gasteiger partial charge < -0.3 is 49.0 Å². The average molecular weight is 526 g/mol. The summed E-state index contributed by atoms with van der Waals surface area (Å²) in [7, 11) is 0. The molecule has 1 rings (SSSR count). The number of hydrogen-bond donors (Lipinski definition) is 9. The summed E-state index contributed by atoms with van der Waals surface area (Å²) < 4.78 is 0. The van der Waals surface area contributed by atoms with Crippen LogP contribution in [0.5, 0.6) is 0 Å². The zero-order valence-corrected chi connectivity index (χ0v) is 19.8. The van der Waals surface area contributed by atoms with Gasteiger partial charge in [-0.2, -0.15) is 0 Å². The molecule has 0 aliphatic rings. The van der Waals surface area contributed by atoms with Gasteiger partial charge in [-0.15, -0.1) is 0 Å². The Morgan fingerprint density at radius 3 is 1.86 bits per heavy atom. The third kappa shape index (κ3) is 11.6. The van der Waals surface area contributed by atoms with Crippen LogP contribution in [0.1, 0.15) is 37.8 Å². The second-order valence-electron chi connectivity index (χ2n) is 8.09. The Kier molecular flexibility index (Phi) is 12.2. The number of aliphatic carboxylic acids is 1. The lowest BCUT2D eigenvalue weighted by molar-refractivity contribution is -0.142. The third-order valence-corrected chi connectivity index (χ3v) is 4.98. The van der Waals surface area contributed by atoms with E-state index in [9.17, 15) is 38.7 Å². The molecule has 6 amide bonds. The Bertz CT molecular complexity index is 998. The molecule has 37 heavy (non-hydrogen) atoms. The van der Waals surface area contributed by atoms with Crippen LogP contribution in [0.3, 0.4) is 0 Å². The second kappa shape index (κ2) is 14.8. The standard InChI is InChI=1S/C20H31N9O8/c21-10(1-3-14(22)30)17(33)28-12(6-16(24)32)19(35)27-11(2-4-15(23)31)18(34)29-13(20(36)37)5-9-7-25-8-26-9/h7-8,10-13H,1-6,21H2,(H2,22,30)(H2,23,31)(H2,24,32)(H,25,26)(H,27,35)(H,28,33)(H,29,34)(H,36,37). The molecule has 0 aliphatic heterocycles. The van der Waals surface area contributed by atoms with Crippen LogP contribution in [-0.4, -0.2) is 80.7 Å². The van der Waals surface area contributed by atoms with Gasteiger partial charge in [0.15, 0.2) is 0 Å². The quantitative estimate of drug-likeness (QED) is 0.0934. The van der Waals surface area contributed by atoms with Crippen LogP contribution in [0, 0.1) is 0 Å². The van der Waals surface area contributed by atoms with E-state index in [0.717, 1.165) is 0 Å². The maximum Gasteiger partial charge on any atom is 0.326 e. The number of carboxylic acid groups (broad SMARTS) is 1. The second-order valence-corrected chi connectivity index (χ2v) is 8.09. The summed E-state index contributed by atoms with van der Waals surface area (Å²) in [5, 5.41) is 16.2. The largest absolute Gasteiger partial charge is 0.480 e. The number of primary amides is 3. The van der Waals surface area contributed by atoms with E-state index >= 15 is 0 Å². The topological polar surface area (TPSA) is 309 Å². The Morgan fingerprint density at radius 1 is 0.811 bits per heavy atom. The van der Waals surface area contributed by atoms with E-state index < -0.39 is 72.0 Å². The van der Waals surface area contributed by atoms with Gasteiger partial charge in [0, 0.05) is 31.2 Å². The fraction of sp³-hybridized carbons (Fsp3) is 0.500. The molecule has 1 heterocycles. The van der Waals surface area contributed by atoms with Crippen LogP contribution in [0.2, 0.25) is 0 Å². The van der Waals surface area contributed by atoms with Crippen LogP contribution in [0.15, 0.2) is 12.5 Å². The Morgan fingerprint density at radius 2 is 1.35 bits per heavy atom. The molecule has 1 aromatic heterocycles. The van der Waals surface area contributed by atoms with Crippen molar-refractivity contribution >= 4 is 41.4 Å². The number of aromatic nitrogens is 2. The summed E-state index contributed by atoms with van der Waals surface area (Å²) >= 11 is 0. The molecule has 4 atom stereocenters. The van der Waals surface area contributed by atoms with Crippen molar-refractivity contribution in [3.05, 3.63) is 18.2 Å². The van der Waals surface area contributed by atoms with Crippen molar-refractivity contribution in [1.82, 2.24) is 25.9 Å². The van der Waals surface area contributed by atoms with Gasteiger partial charge >= 0.3 is 5.97 Å². The van der Waals surface area contributed by atoms with Crippen molar-refractivity contribution in [3.8, 4) is 0 Å². The first kappa shape index (κ1) is 30.5. The number of imidazole rings is 1. The normalized spacial score (nSPS) is 13.9. The summed E-state index contributed by atoms with van der Waals surface area (Å²) in [6.45, 7) is 0. The van der Waals surface area contributed by atoms with Gasteiger partial charge in [-0.1, -0.05) is 0 Å². The van der Waals surface area contributed by atoms with Crippen molar-refractivity contribution in [1.29, 1.82) is 0 Å². The van der Waals surface area contributed by atoms with Crippen molar-refractivity contribution in [3.63, 3.8) is 0 Å². The number of rotatable bonds is 17. The molecule has 0 saturated carbocycles. The molecule has 13 N–H and O–H groups in total. The Balaban J connectivity index is 3.00. The molecule has 4 unspecified atom stereocenters. The lowest BCUT2D eigenvalue weighted by atomic mass is 10.1. The highest BCUT2D eigenvalue weighted by Gasteiger charge is 2.31. The van der Waals surface area contributed by atoms with Gasteiger partial charge in [-0.3, -0.25) is 28.8 Å². The molecule has 0 bridgehead atoms. The molecule has 1 aromatic rings. The summed E-state index contributed by atoms with van der Waals surface area (Å²) in [6.07, 6.45) is 0.810. The van der Waals surface area contributed by atoms with Crippen LogP contribution >= 0.6 is 0 Å². The molecule has 0 spiro atoms. The molecule has 17 heteroatoms. The summed E-state index contributed by atoms with van der Waals surface area (Å²) in [6, 6.07) is -5.72. The predicted molar refractivity (Wildman–Crippen MR) is 124 cm³/mol. The van der Waals surface area contributed by atoms with E-state index in [1.807, 2.05) is 0 Å². The number of aromatic amines is 1. The molecule has 0 aliphatic carbocycles. The van der Waals surface area contributed by atoms with Gasteiger partial charge in [0.25, 0.3) is 0 Å². The zero-order chi connectivity index (χ0) is 28.1. The first-order valence-electron chi connectivity index (χ1n) is 11.0. The number of nitrogens with two attached hydrogens (primary N) is 4. The number of H-pyrrole nitrogens is 1. The number of carboxylic acids is 1. The lowest BCUT2D eigenvalue weighted by Crippen LogP contribution is -2.58. The highest BCUT2D eigenvalue weighted by atomic mass is 16.4. The average Bonchev–Trinajstić information content (AvgIpc) is 3.31. The molecule has 0 fully saturated rings. The van der Waals surface area contributed by atoms with Crippen LogP contribution in [-0.2, 0) is 40.0 Å². The molecule has 0 saturated heterocycles. The molecule has 204 valence electrons. The first-order chi connectivity index (χ1) is 17.3. The highest BCUT2D eigenvalue weighted by Crippen LogP contribution is 2.05. The number of carbonyl (C=O) groups is 7. The smallest absolute Gasteiger partial charge is 0.326 e. The minimum absolute atomic E-state index is 0.136. The van der Waals surface area contributed by atoms with E-state index in [0.29, 0.717) is 5.69 Å². The van der Waals surface area contributed by atoms with Crippen molar-refractivity contribution in [2.75, 3.05) is 0 Å². The maximum atomic E-state index is 12.9. The van der Waals surface area contributed by atoms with E-state index in [4.69, 9.17) is 22.9 Å². The minimum Gasteiger partial charge on any atom is -0.480 e. The SMILES string of the molecule is NC(=O)CCC(N)C(=O)NC(CC(N)=O)C(=O)NC(CCC(N)=O)C(=O)NC(Cc1cnc[nH]1)C(=O)O. The predicted octanol–water partition coefficient (Wildman–Crippen LogP) is -4.78. The van der Waals surface area contributed by atoms with Gasteiger partial charge in [-0.05, 0) is 12.8 Å². The zero-order valence-electron chi connectivity index (χ0n) is 19.8. The van der Waals surface area contributed by atoms with Gasteiger partial charge in [0.1, 0.15) is 18.1 Å². The third-order valence-electron chi connectivity index (χ3n) is 4.98. The summed E-state index contributed by atoms with van der Waals surface area (Å²) in [5.74, 6) is -6.78. The lowest BCUT2D eigenvalue weighted by Gasteiger charge is -2.24. The van der Waals surface area contributed by atoms with Crippen LogP contribution < -0.4 is 38.9 Å². The van der Waals surface area contributed by atoms with Crippen LogP contribution in [0.25, 0.3) is 0 Å². The molecular formula is C20H31N9O8. The number of carbonyl (C=O) groups excluding carboxylic acids is 6. The maximum absolute atomic E-state index is 12.9. The number of hydrogen-bond acceptors (Lipinski definition) is 9. The Labute approximate surface area is 210 Å². The number of nitrogens with zero attached hydrogens (tertiary/aromatic N) is 1. The molecule has 17 nitrogen and oxygen atoms in total. The van der Waals surface area contributed by atoms with Gasteiger partial charge in [0.05, 0.1) is 18.8 Å². The van der Waals surface area contributed by atoms with E-state index in [-0.39, 0.29) is 32.1 Å². The highest BCUT2D eigenvalue weighted by molar-refractivity contribution is 5.96. The van der Waals surface area contributed by atoms with Gasteiger partial charge in [-0.25, -0.2) is 9.78 Å². The number of amides is 6. The molecule has 0 aromatic carbocycles. The van der Waals surface area contributed by atoms with Crippen molar-refractivity contribution < 1.29 is 38.7 Å². The summed E-state index contributed by atoms with van der Waals surface area (Å²) in [5.41, 5.74) is 21.4. The monoisotopic (exact) mass is 525 g/mol. The van der Waals surface area contributed by atoms with Crippen molar-refractivity contribution in [2.24, 2.45) is 22.9 Å². The van der Waals surface area contributed by atoms with Gasteiger partial charge in [0.2, 0.25) is 35.4 Å².